The quantitative estimate of drug-likeness (QED) is 0.679. The lowest BCUT2D eigenvalue weighted by Gasteiger charge is -2.33. The number of rotatable bonds is 8. The van der Waals surface area contributed by atoms with Gasteiger partial charge < -0.3 is 32.9 Å². The van der Waals surface area contributed by atoms with Crippen LogP contribution in [0.1, 0.15) is 46.6 Å². The molecule has 0 aliphatic carbocycles. The molecule has 24 heavy (non-hydrogen) atoms. The summed E-state index contributed by atoms with van der Waals surface area (Å²) in [6.07, 6.45) is 1.07. The van der Waals surface area contributed by atoms with Crippen LogP contribution in [-0.4, -0.2) is 25.2 Å². The van der Waals surface area contributed by atoms with Crippen molar-refractivity contribution in [2.45, 2.75) is 53.1 Å². The number of carbonyl (C=O) groups excluding carboxylic acids is 1. The number of methoxy groups -OCH3 is 1. The minimum Gasteiger partial charge on any atom is -1.00 e. The van der Waals surface area contributed by atoms with E-state index in [-0.39, 0.29) is 30.0 Å². The molecule has 3 N–H and O–H groups in total. The summed E-state index contributed by atoms with van der Waals surface area (Å²) in [5.41, 5.74) is 6.48. The average Bonchev–Trinajstić information content (AvgIpc) is 2.40. The molecule has 0 spiro atoms. The molecule has 1 rings (SSSR count). The van der Waals surface area contributed by atoms with E-state index in [2.05, 4.69) is 39.9 Å². The minimum absolute atomic E-state index is 0. The van der Waals surface area contributed by atoms with E-state index in [1.54, 1.807) is 13.2 Å². The SMILES string of the molecule is COc1cc(CNC(C)(C)CC(C)(C)C)ccc1OCC(N)=O.[Cl-]. The molecule has 6 heteroatoms. The molecule has 1 amide bonds. The molecule has 5 nitrogen and oxygen atoms in total. The third-order valence-electron chi connectivity index (χ3n) is 3.34. The third kappa shape index (κ3) is 8.41. The van der Waals surface area contributed by atoms with Crippen molar-refractivity contribution in [3.63, 3.8) is 0 Å². The maximum atomic E-state index is 10.8. The summed E-state index contributed by atoms with van der Waals surface area (Å²) < 4.78 is 10.7. The lowest BCUT2D eigenvalue weighted by Crippen LogP contribution is -3.00. The van der Waals surface area contributed by atoms with E-state index in [0.717, 1.165) is 18.5 Å². The van der Waals surface area contributed by atoms with Crippen LogP contribution in [0.25, 0.3) is 0 Å². The number of nitrogens with two attached hydrogens (primary N) is 1. The molecular weight excluding hydrogens is 328 g/mol. The van der Waals surface area contributed by atoms with E-state index in [0.29, 0.717) is 11.5 Å². The molecule has 0 saturated carbocycles. The molecule has 0 fully saturated rings. The number of benzene rings is 1. The topological polar surface area (TPSA) is 73.6 Å². The van der Waals surface area contributed by atoms with Crippen LogP contribution in [0.15, 0.2) is 18.2 Å². The largest absolute Gasteiger partial charge is 1.00 e. The first-order chi connectivity index (χ1) is 10.5. The van der Waals surface area contributed by atoms with Gasteiger partial charge in [-0.1, -0.05) is 26.8 Å². The molecule has 1 aromatic carbocycles. The molecule has 0 bridgehead atoms. The van der Waals surface area contributed by atoms with Crippen molar-refractivity contribution >= 4 is 5.91 Å². The van der Waals surface area contributed by atoms with Gasteiger partial charge in [0, 0.05) is 12.1 Å². The number of primary amides is 1. The van der Waals surface area contributed by atoms with Crippen LogP contribution in [0, 0.1) is 5.41 Å². The number of hydrogen-bond donors (Lipinski definition) is 2. The maximum Gasteiger partial charge on any atom is 0.255 e. The van der Waals surface area contributed by atoms with E-state index >= 15 is 0 Å². The Hall–Kier alpha value is -1.46. The Morgan fingerprint density at radius 2 is 1.79 bits per heavy atom. The standard InChI is InChI=1S/C18H30N2O3.ClH/c1-17(2,3)12-18(4,5)20-10-13-7-8-14(15(9-13)22-6)23-11-16(19)21;/h7-9,20H,10-12H2,1-6H3,(H2,19,21);1H/p-1. The summed E-state index contributed by atoms with van der Waals surface area (Å²) in [7, 11) is 1.58. The Morgan fingerprint density at radius 3 is 2.29 bits per heavy atom. The highest BCUT2D eigenvalue weighted by atomic mass is 35.5. The second-order valence-electron chi connectivity index (χ2n) is 7.72. The van der Waals surface area contributed by atoms with Crippen LogP contribution in [0.2, 0.25) is 0 Å². The predicted octanol–water partition coefficient (Wildman–Crippen LogP) is -0.132. The van der Waals surface area contributed by atoms with Crippen molar-refractivity contribution in [3.8, 4) is 11.5 Å². The monoisotopic (exact) mass is 357 g/mol. The van der Waals surface area contributed by atoms with Crippen LogP contribution >= 0.6 is 0 Å². The lowest BCUT2D eigenvalue weighted by molar-refractivity contribution is -0.119. The van der Waals surface area contributed by atoms with Crippen molar-refractivity contribution in [2.24, 2.45) is 11.1 Å². The number of amides is 1. The van der Waals surface area contributed by atoms with Crippen LogP contribution < -0.4 is 32.9 Å². The van der Waals surface area contributed by atoms with E-state index in [9.17, 15) is 4.79 Å². The van der Waals surface area contributed by atoms with Gasteiger partial charge in [0.25, 0.3) is 5.91 Å². The van der Waals surface area contributed by atoms with Gasteiger partial charge in [0.1, 0.15) is 0 Å². The molecule has 0 aliphatic heterocycles. The number of hydrogen-bond acceptors (Lipinski definition) is 4. The number of carbonyl (C=O) groups is 1. The van der Waals surface area contributed by atoms with Crippen molar-refractivity contribution in [2.75, 3.05) is 13.7 Å². The molecule has 0 atom stereocenters. The number of ether oxygens (including phenoxy) is 2. The normalized spacial score (nSPS) is 11.6. The Kier molecular flexibility index (Phi) is 8.58. The number of halogens is 1. The van der Waals surface area contributed by atoms with Crippen LogP contribution in [0.4, 0.5) is 0 Å². The van der Waals surface area contributed by atoms with Gasteiger partial charge >= 0.3 is 0 Å². The maximum absolute atomic E-state index is 10.8. The summed E-state index contributed by atoms with van der Waals surface area (Å²) in [4.78, 5) is 10.8. The van der Waals surface area contributed by atoms with E-state index in [4.69, 9.17) is 15.2 Å². The summed E-state index contributed by atoms with van der Waals surface area (Å²) in [5.74, 6) is 0.602. The molecule has 0 aliphatic rings. The summed E-state index contributed by atoms with van der Waals surface area (Å²) >= 11 is 0. The smallest absolute Gasteiger partial charge is 0.255 e. The number of nitrogens with one attached hydrogen (secondary N) is 1. The van der Waals surface area contributed by atoms with Gasteiger partial charge in [-0.25, -0.2) is 0 Å². The van der Waals surface area contributed by atoms with Crippen LogP contribution in [-0.2, 0) is 11.3 Å². The van der Waals surface area contributed by atoms with Crippen molar-refractivity contribution < 1.29 is 26.7 Å². The average molecular weight is 358 g/mol. The lowest BCUT2D eigenvalue weighted by atomic mass is 9.82. The molecule has 0 saturated heterocycles. The minimum atomic E-state index is -0.512. The Labute approximate surface area is 151 Å². The zero-order valence-electron chi connectivity index (χ0n) is 15.5. The molecule has 0 aromatic heterocycles. The van der Waals surface area contributed by atoms with E-state index in [1.807, 2.05) is 12.1 Å². The summed E-state index contributed by atoms with van der Waals surface area (Å²) in [5, 5.41) is 3.58. The van der Waals surface area contributed by atoms with E-state index < -0.39 is 5.91 Å². The predicted molar refractivity (Wildman–Crippen MR) is 92.7 cm³/mol. The van der Waals surface area contributed by atoms with E-state index in [1.165, 1.54) is 0 Å². The van der Waals surface area contributed by atoms with Gasteiger partial charge in [-0.15, -0.1) is 0 Å². The second-order valence-corrected chi connectivity index (χ2v) is 7.72. The van der Waals surface area contributed by atoms with Gasteiger partial charge in [0.2, 0.25) is 0 Å². The molecule has 0 heterocycles. The zero-order chi connectivity index (χ0) is 17.7. The first-order valence-corrected chi connectivity index (χ1v) is 7.85. The van der Waals surface area contributed by atoms with Gasteiger partial charge in [-0.2, -0.15) is 0 Å². The van der Waals surface area contributed by atoms with Crippen LogP contribution in [0.5, 0.6) is 11.5 Å². The highest BCUT2D eigenvalue weighted by Gasteiger charge is 2.24. The first-order valence-electron chi connectivity index (χ1n) is 7.85. The summed E-state index contributed by atoms with van der Waals surface area (Å²) in [6, 6.07) is 5.67. The van der Waals surface area contributed by atoms with Crippen molar-refractivity contribution in [1.29, 1.82) is 0 Å². The molecule has 1 aromatic rings. The zero-order valence-corrected chi connectivity index (χ0v) is 16.3. The van der Waals surface area contributed by atoms with Gasteiger partial charge in [-0.05, 0) is 43.4 Å². The highest BCUT2D eigenvalue weighted by molar-refractivity contribution is 5.75. The molecule has 138 valence electrons. The Morgan fingerprint density at radius 1 is 1.17 bits per heavy atom. The van der Waals surface area contributed by atoms with Gasteiger partial charge in [0.15, 0.2) is 18.1 Å². The van der Waals surface area contributed by atoms with Crippen molar-refractivity contribution in [1.82, 2.24) is 5.32 Å². The third-order valence-corrected chi connectivity index (χ3v) is 3.34. The van der Waals surface area contributed by atoms with Gasteiger partial charge in [0.05, 0.1) is 7.11 Å². The van der Waals surface area contributed by atoms with Crippen LogP contribution in [0.3, 0.4) is 0 Å². The molecule has 0 unspecified atom stereocenters. The highest BCUT2D eigenvalue weighted by Crippen LogP contribution is 2.29. The van der Waals surface area contributed by atoms with Gasteiger partial charge in [-0.3, -0.25) is 4.79 Å². The second kappa shape index (κ2) is 9.14. The fourth-order valence-electron chi connectivity index (χ4n) is 2.82. The summed E-state index contributed by atoms with van der Waals surface area (Å²) in [6.45, 7) is 11.7. The van der Waals surface area contributed by atoms with Crippen molar-refractivity contribution in [3.05, 3.63) is 23.8 Å². The fraction of sp³-hybridized carbons (Fsp3) is 0.611. The Bertz CT molecular complexity index is 540. The molecular formula is C18H30ClN2O3-. The molecule has 0 radical (unpaired) electrons. The first kappa shape index (κ1) is 22.5. The fourth-order valence-corrected chi connectivity index (χ4v) is 2.82. The Balaban J connectivity index is 0.00000529.